The molecule has 2 nitrogen and oxygen atoms in total. The minimum atomic E-state index is -0.375. The van der Waals surface area contributed by atoms with Crippen LogP contribution in [-0.2, 0) is 6.42 Å². The van der Waals surface area contributed by atoms with Gasteiger partial charge in [-0.1, -0.05) is 24.6 Å². The summed E-state index contributed by atoms with van der Waals surface area (Å²) >= 11 is 7.56. The van der Waals surface area contributed by atoms with E-state index in [1.54, 1.807) is 23.5 Å². The SMILES string of the molecule is CCNC(Cc1ccc(F)c(Cl)c1)c1sc(C)nc1C. The van der Waals surface area contributed by atoms with Crippen molar-refractivity contribution in [2.75, 3.05) is 6.54 Å². The van der Waals surface area contributed by atoms with E-state index >= 15 is 0 Å². The van der Waals surface area contributed by atoms with Crippen molar-refractivity contribution < 1.29 is 4.39 Å². The summed E-state index contributed by atoms with van der Waals surface area (Å²) in [6, 6.07) is 5.10. The maximum Gasteiger partial charge on any atom is 0.141 e. The lowest BCUT2D eigenvalue weighted by Gasteiger charge is -2.17. The van der Waals surface area contributed by atoms with Crippen molar-refractivity contribution in [2.45, 2.75) is 33.2 Å². The molecular weight excluding hydrogens is 295 g/mol. The van der Waals surface area contributed by atoms with Crippen molar-refractivity contribution in [2.24, 2.45) is 0 Å². The maximum atomic E-state index is 13.2. The number of nitrogens with zero attached hydrogens (tertiary/aromatic N) is 1. The minimum Gasteiger partial charge on any atom is -0.309 e. The first-order valence-corrected chi connectivity index (χ1v) is 7.82. The molecule has 2 aromatic rings. The number of hydrogen-bond acceptors (Lipinski definition) is 3. The number of rotatable bonds is 5. The average molecular weight is 313 g/mol. The molecule has 108 valence electrons. The van der Waals surface area contributed by atoms with Gasteiger partial charge in [-0.15, -0.1) is 11.3 Å². The Morgan fingerprint density at radius 2 is 2.15 bits per heavy atom. The first-order chi connectivity index (χ1) is 9.51. The Balaban J connectivity index is 2.25. The van der Waals surface area contributed by atoms with Crippen LogP contribution in [-0.4, -0.2) is 11.5 Å². The zero-order valence-corrected chi connectivity index (χ0v) is 13.4. The Morgan fingerprint density at radius 1 is 1.40 bits per heavy atom. The van der Waals surface area contributed by atoms with Crippen molar-refractivity contribution in [3.8, 4) is 0 Å². The molecule has 1 atom stereocenters. The van der Waals surface area contributed by atoms with Crippen LogP contribution in [0.1, 0.15) is 34.1 Å². The molecule has 5 heteroatoms. The Hall–Kier alpha value is -0.970. The second-order valence-corrected chi connectivity index (χ2v) is 6.39. The van der Waals surface area contributed by atoms with Gasteiger partial charge in [0.25, 0.3) is 0 Å². The summed E-state index contributed by atoms with van der Waals surface area (Å²) in [6.45, 7) is 6.99. The van der Waals surface area contributed by atoms with E-state index in [0.29, 0.717) is 0 Å². The third kappa shape index (κ3) is 3.57. The van der Waals surface area contributed by atoms with E-state index in [-0.39, 0.29) is 16.9 Å². The second-order valence-electron chi connectivity index (χ2n) is 4.75. The Labute approximate surface area is 128 Å². The minimum absolute atomic E-state index is 0.176. The van der Waals surface area contributed by atoms with Gasteiger partial charge in [-0.2, -0.15) is 0 Å². The van der Waals surface area contributed by atoms with Crippen LogP contribution in [0.3, 0.4) is 0 Å². The molecule has 0 amide bonds. The summed E-state index contributed by atoms with van der Waals surface area (Å²) in [5.74, 6) is -0.375. The Kier molecular flexibility index (Phi) is 5.13. The van der Waals surface area contributed by atoms with Gasteiger partial charge in [-0.05, 0) is 44.5 Å². The predicted molar refractivity (Wildman–Crippen MR) is 83.1 cm³/mol. The molecule has 0 spiro atoms. The summed E-state index contributed by atoms with van der Waals surface area (Å²) < 4.78 is 13.2. The third-order valence-corrected chi connectivity index (χ3v) is 4.61. The van der Waals surface area contributed by atoms with E-state index in [9.17, 15) is 4.39 Å². The molecule has 0 fully saturated rings. The van der Waals surface area contributed by atoms with Gasteiger partial charge >= 0.3 is 0 Å². The monoisotopic (exact) mass is 312 g/mol. The van der Waals surface area contributed by atoms with Gasteiger partial charge in [0.1, 0.15) is 5.82 Å². The molecule has 0 aliphatic heterocycles. The molecule has 0 saturated carbocycles. The van der Waals surface area contributed by atoms with Crippen LogP contribution in [0.4, 0.5) is 4.39 Å². The number of halogens is 2. The fraction of sp³-hybridized carbons (Fsp3) is 0.400. The van der Waals surface area contributed by atoms with Crippen molar-refractivity contribution >= 4 is 22.9 Å². The van der Waals surface area contributed by atoms with E-state index in [1.165, 1.54) is 10.9 Å². The number of likely N-dealkylation sites (N-methyl/N-ethyl adjacent to an activating group) is 1. The van der Waals surface area contributed by atoms with Gasteiger partial charge in [0.05, 0.1) is 15.7 Å². The number of benzene rings is 1. The first-order valence-electron chi connectivity index (χ1n) is 6.62. The summed E-state index contributed by atoms with van der Waals surface area (Å²) in [5, 5.41) is 4.71. The van der Waals surface area contributed by atoms with Crippen molar-refractivity contribution in [1.29, 1.82) is 0 Å². The van der Waals surface area contributed by atoms with Crippen LogP contribution in [0, 0.1) is 19.7 Å². The summed E-state index contributed by atoms with van der Waals surface area (Å²) in [4.78, 5) is 5.72. The molecule has 0 aliphatic rings. The largest absolute Gasteiger partial charge is 0.309 e. The molecule has 0 saturated heterocycles. The highest BCUT2D eigenvalue weighted by atomic mass is 35.5. The molecule has 0 bridgehead atoms. The van der Waals surface area contributed by atoms with Crippen molar-refractivity contribution in [3.63, 3.8) is 0 Å². The van der Waals surface area contributed by atoms with Crippen LogP contribution in [0.5, 0.6) is 0 Å². The molecule has 1 N–H and O–H groups in total. The fourth-order valence-corrected chi connectivity index (χ4v) is 3.48. The van der Waals surface area contributed by atoms with Crippen LogP contribution < -0.4 is 5.32 Å². The Morgan fingerprint density at radius 3 is 2.70 bits per heavy atom. The molecule has 0 radical (unpaired) electrons. The fourth-order valence-electron chi connectivity index (χ4n) is 2.28. The normalized spacial score (nSPS) is 12.7. The molecule has 0 aliphatic carbocycles. The molecule has 1 unspecified atom stereocenters. The predicted octanol–water partition coefficient (Wildman–Crippen LogP) is 4.45. The highest BCUT2D eigenvalue weighted by Gasteiger charge is 2.17. The Bertz CT molecular complexity index is 598. The van der Waals surface area contributed by atoms with E-state index in [4.69, 9.17) is 11.6 Å². The number of nitrogens with one attached hydrogen (secondary N) is 1. The topological polar surface area (TPSA) is 24.9 Å². The zero-order chi connectivity index (χ0) is 14.7. The van der Waals surface area contributed by atoms with Gasteiger partial charge in [-0.25, -0.2) is 9.37 Å². The van der Waals surface area contributed by atoms with Crippen molar-refractivity contribution in [3.05, 3.63) is 50.2 Å². The summed E-state index contributed by atoms with van der Waals surface area (Å²) in [5.41, 5.74) is 2.08. The maximum absolute atomic E-state index is 13.2. The average Bonchev–Trinajstić information content (AvgIpc) is 2.72. The van der Waals surface area contributed by atoms with Crippen LogP contribution in [0.2, 0.25) is 5.02 Å². The number of thiazole rings is 1. The zero-order valence-electron chi connectivity index (χ0n) is 11.8. The summed E-state index contributed by atoms with van der Waals surface area (Å²) in [6.07, 6.45) is 0.774. The number of aryl methyl sites for hydroxylation is 2. The highest BCUT2D eigenvalue weighted by Crippen LogP contribution is 2.28. The third-order valence-electron chi connectivity index (χ3n) is 3.13. The smallest absolute Gasteiger partial charge is 0.141 e. The van der Waals surface area contributed by atoms with E-state index in [0.717, 1.165) is 29.2 Å². The molecule has 20 heavy (non-hydrogen) atoms. The van der Waals surface area contributed by atoms with E-state index in [2.05, 4.69) is 17.2 Å². The van der Waals surface area contributed by atoms with E-state index < -0.39 is 0 Å². The number of hydrogen-bond donors (Lipinski definition) is 1. The van der Waals surface area contributed by atoms with Gasteiger partial charge in [-0.3, -0.25) is 0 Å². The van der Waals surface area contributed by atoms with Crippen LogP contribution >= 0.6 is 22.9 Å². The van der Waals surface area contributed by atoms with Crippen LogP contribution in [0.25, 0.3) is 0 Å². The quantitative estimate of drug-likeness (QED) is 0.882. The lowest BCUT2D eigenvalue weighted by Crippen LogP contribution is -2.22. The second kappa shape index (κ2) is 6.66. The lowest BCUT2D eigenvalue weighted by atomic mass is 10.0. The van der Waals surface area contributed by atoms with Crippen molar-refractivity contribution in [1.82, 2.24) is 10.3 Å². The van der Waals surface area contributed by atoms with Crippen LogP contribution in [0.15, 0.2) is 18.2 Å². The number of aromatic nitrogens is 1. The highest BCUT2D eigenvalue weighted by molar-refractivity contribution is 7.11. The standard InChI is InChI=1S/C15H18ClFN2S/c1-4-18-14(15-9(2)19-10(3)20-15)8-11-5-6-13(17)12(16)7-11/h5-7,14,18H,4,8H2,1-3H3. The molecular formula is C15H18ClFN2S. The lowest BCUT2D eigenvalue weighted by molar-refractivity contribution is 0.553. The molecule has 1 heterocycles. The molecule has 1 aromatic carbocycles. The van der Waals surface area contributed by atoms with Gasteiger partial charge < -0.3 is 5.32 Å². The van der Waals surface area contributed by atoms with Gasteiger partial charge in [0.15, 0.2) is 0 Å². The molecule has 2 rings (SSSR count). The summed E-state index contributed by atoms with van der Waals surface area (Å²) in [7, 11) is 0. The van der Waals surface area contributed by atoms with Gasteiger partial charge in [0.2, 0.25) is 0 Å². The first kappa shape index (κ1) is 15.4. The van der Waals surface area contributed by atoms with E-state index in [1.807, 2.05) is 13.8 Å². The molecule has 1 aromatic heterocycles. The van der Waals surface area contributed by atoms with Gasteiger partial charge in [0, 0.05) is 10.9 Å².